The molecular weight excluding hydrogens is 422 g/mol. The summed E-state index contributed by atoms with van der Waals surface area (Å²) in [5, 5.41) is 8.74. The molecule has 2 aromatic carbocycles. The van der Waals surface area contributed by atoms with Gasteiger partial charge in [0.2, 0.25) is 21.8 Å². The zero-order valence-corrected chi connectivity index (χ0v) is 18.7. The number of sulfonamides is 1. The van der Waals surface area contributed by atoms with Crippen molar-refractivity contribution < 1.29 is 12.8 Å². The predicted molar refractivity (Wildman–Crippen MR) is 116 cm³/mol. The van der Waals surface area contributed by atoms with Crippen molar-refractivity contribution in [1.29, 1.82) is 0 Å². The Morgan fingerprint density at radius 2 is 1.67 bits per heavy atom. The molecule has 0 amide bonds. The highest BCUT2D eigenvalue weighted by atomic mass is 35.5. The van der Waals surface area contributed by atoms with E-state index in [0.29, 0.717) is 10.9 Å². The van der Waals surface area contributed by atoms with Gasteiger partial charge in [-0.05, 0) is 60.2 Å². The molecule has 6 nitrogen and oxygen atoms in total. The molecule has 0 unspecified atom stereocenters. The van der Waals surface area contributed by atoms with Crippen LogP contribution in [0.25, 0.3) is 11.5 Å². The average Bonchev–Trinajstić information content (AvgIpc) is 3.43. The van der Waals surface area contributed by atoms with Gasteiger partial charge in [0, 0.05) is 16.6 Å². The van der Waals surface area contributed by atoms with Crippen LogP contribution in [0.5, 0.6) is 0 Å². The highest BCUT2D eigenvalue weighted by Gasteiger charge is 2.39. The van der Waals surface area contributed by atoms with Gasteiger partial charge in [0.15, 0.2) is 0 Å². The molecule has 158 valence electrons. The zero-order valence-electron chi connectivity index (χ0n) is 17.2. The van der Waals surface area contributed by atoms with Gasteiger partial charge in [0.05, 0.1) is 11.4 Å². The number of hydrogen-bond acceptors (Lipinski definition) is 5. The summed E-state index contributed by atoms with van der Waals surface area (Å²) in [6.45, 7) is 6.34. The first-order chi connectivity index (χ1) is 14.1. The lowest BCUT2D eigenvalue weighted by molar-refractivity contribution is 0.351. The standard InChI is InChI=1S/C22H24ClN3O3S/c1-22(2,3)16-6-12-19(13-7-16)30(27,28)26(18-10-11-18)14-20-24-25-21(29-20)15-4-8-17(23)9-5-15/h4-9,12-13,18H,10-11,14H2,1-3H3. The largest absolute Gasteiger partial charge is 0.419 e. The lowest BCUT2D eigenvalue weighted by atomic mass is 9.87. The average molecular weight is 446 g/mol. The van der Waals surface area contributed by atoms with Gasteiger partial charge in [-0.2, -0.15) is 4.31 Å². The van der Waals surface area contributed by atoms with E-state index >= 15 is 0 Å². The fraction of sp³-hybridized carbons (Fsp3) is 0.364. The smallest absolute Gasteiger partial charge is 0.247 e. The van der Waals surface area contributed by atoms with Crippen LogP contribution in [0.3, 0.4) is 0 Å². The van der Waals surface area contributed by atoms with Gasteiger partial charge in [-0.15, -0.1) is 10.2 Å². The van der Waals surface area contributed by atoms with E-state index in [2.05, 4.69) is 31.0 Å². The van der Waals surface area contributed by atoms with Crippen LogP contribution in [0.4, 0.5) is 0 Å². The van der Waals surface area contributed by atoms with Gasteiger partial charge in [-0.1, -0.05) is 44.5 Å². The monoisotopic (exact) mass is 445 g/mol. The second kappa shape index (κ2) is 7.80. The molecule has 1 aliphatic carbocycles. The Hall–Kier alpha value is -2.22. The van der Waals surface area contributed by atoms with Gasteiger partial charge in [-0.25, -0.2) is 8.42 Å². The summed E-state index contributed by atoms with van der Waals surface area (Å²) in [7, 11) is -3.67. The first-order valence-corrected chi connectivity index (χ1v) is 11.7. The molecule has 1 heterocycles. The maximum atomic E-state index is 13.3. The number of aromatic nitrogens is 2. The summed E-state index contributed by atoms with van der Waals surface area (Å²) in [4.78, 5) is 0.278. The van der Waals surface area contributed by atoms with Crippen molar-refractivity contribution in [3.8, 4) is 11.5 Å². The molecule has 30 heavy (non-hydrogen) atoms. The molecule has 0 N–H and O–H groups in total. The van der Waals surface area contributed by atoms with Crippen molar-refractivity contribution in [2.75, 3.05) is 0 Å². The minimum Gasteiger partial charge on any atom is -0.419 e. The van der Waals surface area contributed by atoms with E-state index in [4.69, 9.17) is 16.0 Å². The molecule has 0 bridgehead atoms. The number of benzene rings is 2. The van der Waals surface area contributed by atoms with Crippen molar-refractivity contribution in [1.82, 2.24) is 14.5 Å². The van der Waals surface area contributed by atoms with E-state index in [1.165, 1.54) is 4.31 Å². The first kappa shape index (κ1) is 21.0. The number of hydrogen-bond donors (Lipinski definition) is 0. The SMILES string of the molecule is CC(C)(C)c1ccc(S(=O)(=O)N(Cc2nnc(-c3ccc(Cl)cc3)o2)C2CC2)cc1. The minimum atomic E-state index is -3.67. The summed E-state index contributed by atoms with van der Waals surface area (Å²) >= 11 is 5.92. The lowest BCUT2D eigenvalue weighted by Gasteiger charge is -2.22. The maximum absolute atomic E-state index is 13.3. The normalized spacial score (nSPS) is 15.0. The fourth-order valence-corrected chi connectivity index (χ4v) is 4.96. The fourth-order valence-electron chi connectivity index (χ4n) is 3.20. The molecule has 4 rings (SSSR count). The van der Waals surface area contributed by atoms with Crippen LogP contribution < -0.4 is 0 Å². The molecule has 1 saturated carbocycles. The molecule has 1 fully saturated rings. The third-order valence-electron chi connectivity index (χ3n) is 5.13. The highest BCUT2D eigenvalue weighted by molar-refractivity contribution is 7.89. The van der Waals surface area contributed by atoms with E-state index in [9.17, 15) is 8.42 Å². The molecule has 1 aromatic heterocycles. The second-order valence-electron chi connectivity index (χ2n) is 8.56. The van der Waals surface area contributed by atoms with E-state index in [1.807, 2.05) is 12.1 Å². The Kier molecular flexibility index (Phi) is 5.46. The summed E-state index contributed by atoms with van der Waals surface area (Å²) in [5.74, 6) is 0.603. The topological polar surface area (TPSA) is 76.3 Å². The van der Waals surface area contributed by atoms with Gasteiger partial charge in [0.1, 0.15) is 0 Å². The lowest BCUT2D eigenvalue weighted by Crippen LogP contribution is -2.32. The van der Waals surface area contributed by atoms with Crippen molar-refractivity contribution >= 4 is 21.6 Å². The van der Waals surface area contributed by atoms with Crippen molar-refractivity contribution in [2.24, 2.45) is 0 Å². The molecule has 8 heteroatoms. The second-order valence-corrected chi connectivity index (χ2v) is 10.9. The summed E-state index contributed by atoms with van der Waals surface area (Å²) in [5.41, 5.74) is 1.78. The van der Waals surface area contributed by atoms with Gasteiger partial charge < -0.3 is 4.42 Å². The molecule has 0 aliphatic heterocycles. The molecule has 0 atom stereocenters. The van der Waals surface area contributed by atoms with E-state index < -0.39 is 10.0 Å². The van der Waals surface area contributed by atoms with Gasteiger partial charge >= 0.3 is 0 Å². The van der Waals surface area contributed by atoms with E-state index in [1.54, 1.807) is 36.4 Å². The summed E-state index contributed by atoms with van der Waals surface area (Å²) in [6, 6.07) is 14.1. The third kappa shape index (κ3) is 4.43. The molecular formula is C22H24ClN3O3S. The van der Waals surface area contributed by atoms with Crippen molar-refractivity contribution in [3.63, 3.8) is 0 Å². The third-order valence-corrected chi connectivity index (χ3v) is 7.29. The molecule has 3 aromatic rings. The highest BCUT2D eigenvalue weighted by Crippen LogP contribution is 2.34. The van der Waals surface area contributed by atoms with Crippen molar-refractivity contribution in [2.45, 2.75) is 56.5 Å². The molecule has 1 aliphatic rings. The van der Waals surface area contributed by atoms with Crippen LogP contribution in [-0.2, 0) is 22.0 Å². The van der Waals surface area contributed by atoms with E-state index in [0.717, 1.165) is 24.0 Å². The Balaban J connectivity index is 1.58. The van der Waals surface area contributed by atoms with Gasteiger partial charge in [0.25, 0.3) is 0 Å². The first-order valence-electron chi connectivity index (χ1n) is 9.85. The Morgan fingerprint density at radius 1 is 1.03 bits per heavy atom. The van der Waals surface area contributed by atoms with Gasteiger partial charge in [-0.3, -0.25) is 0 Å². The van der Waals surface area contributed by atoms with E-state index in [-0.39, 0.29) is 28.8 Å². The molecule has 0 spiro atoms. The quantitative estimate of drug-likeness (QED) is 0.531. The summed E-state index contributed by atoms with van der Waals surface area (Å²) < 4.78 is 33.8. The Labute approximate surface area is 181 Å². The zero-order chi connectivity index (χ0) is 21.5. The Morgan fingerprint density at radius 3 is 2.23 bits per heavy atom. The van der Waals surface area contributed by atoms with Crippen LogP contribution in [0.15, 0.2) is 57.8 Å². The maximum Gasteiger partial charge on any atom is 0.247 e. The Bertz CT molecular complexity index is 1130. The molecule has 0 radical (unpaired) electrons. The minimum absolute atomic E-state index is 0.0387. The van der Waals surface area contributed by atoms with Crippen LogP contribution in [0.2, 0.25) is 5.02 Å². The predicted octanol–water partition coefficient (Wildman–Crippen LogP) is 5.04. The van der Waals surface area contributed by atoms with Crippen molar-refractivity contribution in [3.05, 3.63) is 65.0 Å². The van der Waals surface area contributed by atoms with Crippen LogP contribution in [0, 0.1) is 0 Å². The molecule has 0 saturated heterocycles. The number of rotatable bonds is 6. The van der Waals surface area contributed by atoms with Crippen LogP contribution in [-0.4, -0.2) is 29.0 Å². The number of nitrogens with zero attached hydrogens (tertiary/aromatic N) is 3. The summed E-state index contributed by atoms with van der Waals surface area (Å²) in [6.07, 6.45) is 1.66. The number of halogens is 1. The van der Waals surface area contributed by atoms with Crippen LogP contribution >= 0.6 is 11.6 Å². The van der Waals surface area contributed by atoms with Crippen LogP contribution in [0.1, 0.15) is 45.1 Å².